The lowest BCUT2D eigenvalue weighted by molar-refractivity contribution is -0.193. The van der Waals surface area contributed by atoms with E-state index in [4.69, 9.17) is 9.47 Å². The third-order valence-corrected chi connectivity index (χ3v) is 6.05. The summed E-state index contributed by atoms with van der Waals surface area (Å²) in [5.41, 5.74) is 0.845. The molecule has 2 rings (SSSR count). The van der Waals surface area contributed by atoms with Gasteiger partial charge in [0.2, 0.25) is 5.91 Å². The van der Waals surface area contributed by atoms with Crippen molar-refractivity contribution in [1.29, 1.82) is 0 Å². The van der Waals surface area contributed by atoms with E-state index in [1.165, 1.54) is 0 Å². The molecular formula is C25H36N2O6. The SMILES string of the molecule is CC[C@H](C)C1C(=O)OC1C(=O)NC(C(=O)NC(C(=O)OCc1ccccc1)C(C)C)C(C)C. The lowest BCUT2D eigenvalue weighted by atomic mass is 9.82. The van der Waals surface area contributed by atoms with Gasteiger partial charge in [0.15, 0.2) is 6.10 Å². The fourth-order valence-electron chi connectivity index (χ4n) is 3.66. The Morgan fingerprint density at radius 1 is 0.970 bits per heavy atom. The number of cyclic esters (lactones) is 1. The van der Waals surface area contributed by atoms with Crippen molar-refractivity contribution < 1.29 is 28.7 Å². The molecule has 0 spiro atoms. The van der Waals surface area contributed by atoms with Gasteiger partial charge in [0.05, 0.1) is 0 Å². The number of nitrogens with one attached hydrogen (secondary N) is 2. The molecule has 8 nitrogen and oxygen atoms in total. The molecule has 0 saturated carbocycles. The van der Waals surface area contributed by atoms with Crippen LogP contribution in [0, 0.1) is 23.7 Å². The predicted molar refractivity (Wildman–Crippen MR) is 123 cm³/mol. The number of hydrogen-bond donors (Lipinski definition) is 2. The van der Waals surface area contributed by atoms with Gasteiger partial charge in [-0.3, -0.25) is 14.4 Å². The van der Waals surface area contributed by atoms with Crippen molar-refractivity contribution in [2.45, 2.75) is 72.8 Å². The molecule has 8 heteroatoms. The van der Waals surface area contributed by atoms with Gasteiger partial charge in [-0.2, -0.15) is 0 Å². The number of ether oxygens (including phenoxy) is 2. The minimum absolute atomic E-state index is 0.00182. The van der Waals surface area contributed by atoms with Crippen LogP contribution in [0.2, 0.25) is 0 Å². The minimum Gasteiger partial charge on any atom is -0.459 e. The summed E-state index contributed by atoms with van der Waals surface area (Å²) >= 11 is 0. The summed E-state index contributed by atoms with van der Waals surface area (Å²) in [5.74, 6) is -2.90. The topological polar surface area (TPSA) is 111 Å². The Morgan fingerprint density at radius 2 is 1.58 bits per heavy atom. The van der Waals surface area contributed by atoms with Crippen LogP contribution >= 0.6 is 0 Å². The second kappa shape index (κ2) is 11.8. The fourth-order valence-corrected chi connectivity index (χ4v) is 3.66. The number of hydrogen-bond acceptors (Lipinski definition) is 6. The van der Waals surface area contributed by atoms with Crippen molar-refractivity contribution >= 4 is 23.8 Å². The van der Waals surface area contributed by atoms with Gasteiger partial charge < -0.3 is 20.1 Å². The molecule has 1 fully saturated rings. The van der Waals surface area contributed by atoms with Crippen molar-refractivity contribution in [2.24, 2.45) is 23.7 Å². The number of esters is 2. The van der Waals surface area contributed by atoms with Gasteiger partial charge in [0.25, 0.3) is 5.91 Å². The van der Waals surface area contributed by atoms with Gasteiger partial charge in [-0.05, 0) is 23.3 Å². The molecule has 4 unspecified atom stereocenters. The first-order chi connectivity index (χ1) is 15.6. The van der Waals surface area contributed by atoms with Crippen molar-refractivity contribution in [1.82, 2.24) is 10.6 Å². The van der Waals surface area contributed by atoms with Crippen LogP contribution < -0.4 is 10.6 Å². The number of carbonyl (C=O) groups excluding carboxylic acids is 4. The summed E-state index contributed by atoms with van der Waals surface area (Å²) in [5, 5.41) is 5.44. The molecule has 0 aliphatic carbocycles. The Hall–Kier alpha value is -2.90. The molecule has 1 aromatic carbocycles. The summed E-state index contributed by atoms with van der Waals surface area (Å²) < 4.78 is 10.5. The molecule has 2 amide bonds. The Kier molecular flexibility index (Phi) is 9.44. The number of rotatable bonds is 11. The highest BCUT2D eigenvalue weighted by molar-refractivity contribution is 5.97. The van der Waals surface area contributed by atoms with E-state index < -0.39 is 47.9 Å². The van der Waals surface area contributed by atoms with Crippen LogP contribution in [-0.2, 0) is 35.3 Å². The molecule has 1 aliphatic heterocycles. The predicted octanol–water partition coefficient (Wildman–Crippen LogP) is 2.60. The van der Waals surface area contributed by atoms with Crippen molar-refractivity contribution in [3.05, 3.63) is 35.9 Å². The minimum atomic E-state index is -0.904. The highest BCUT2D eigenvalue weighted by Crippen LogP contribution is 2.31. The van der Waals surface area contributed by atoms with Gasteiger partial charge >= 0.3 is 11.9 Å². The number of carbonyl (C=O) groups is 4. The Balaban J connectivity index is 2.02. The van der Waals surface area contributed by atoms with E-state index >= 15 is 0 Å². The summed E-state index contributed by atoms with van der Waals surface area (Å²) in [7, 11) is 0. The first-order valence-electron chi connectivity index (χ1n) is 11.6. The maximum Gasteiger partial charge on any atom is 0.329 e. The lowest BCUT2D eigenvalue weighted by Gasteiger charge is -2.38. The smallest absolute Gasteiger partial charge is 0.329 e. The average Bonchev–Trinajstić information content (AvgIpc) is 2.77. The second-order valence-electron chi connectivity index (χ2n) is 9.32. The molecule has 1 aromatic rings. The molecule has 182 valence electrons. The highest BCUT2D eigenvalue weighted by Gasteiger charge is 2.50. The Labute approximate surface area is 195 Å². The third-order valence-electron chi connectivity index (χ3n) is 6.05. The van der Waals surface area contributed by atoms with E-state index in [9.17, 15) is 19.2 Å². The second-order valence-corrected chi connectivity index (χ2v) is 9.32. The van der Waals surface area contributed by atoms with E-state index in [0.29, 0.717) is 0 Å². The standard InChI is InChI=1S/C25H36N2O6/c1-7-16(6)18-21(33-24(18)30)23(29)26-19(14(2)3)22(28)27-20(15(4)5)25(31)32-13-17-11-9-8-10-12-17/h8-12,14-16,18-21H,7,13H2,1-6H3,(H,26,29)(H,27,28)/t16-,18?,19?,20?,21?/m0/s1. The summed E-state index contributed by atoms with van der Waals surface area (Å²) in [4.78, 5) is 50.3. The lowest BCUT2D eigenvalue weighted by Crippen LogP contribution is -2.61. The van der Waals surface area contributed by atoms with Crippen LogP contribution in [0.3, 0.4) is 0 Å². The fraction of sp³-hybridized carbons (Fsp3) is 0.600. The van der Waals surface area contributed by atoms with E-state index in [2.05, 4.69) is 10.6 Å². The van der Waals surface area contributed by atoms with Crippen molar-refractivity contribution in [3.8, 4) is 0 Å². The number of benzene rings is 1. The highest BCUT2D eigenvalue weighted by atomic mass is 16.6. The van der Waals surface area contributed by atoms with Gasteiger partial charge in [-0.15, -0.1) is 0 Å². The molecule has 2 N–H and O–H groups in total. The molecule has 0 bridgehead atoms. The first kappa shape index (κ1) is 26.4. The first-order valence-corrected chi connectivity index (χ1v) is 11.6. The third kappa shape index (κ3) is 6.79. The van der Waals surface area contributed by atoms with Crippen molar-refractivity contribution in [2.75, 3.05) is 0 Å². The normalized spacial score (nSPS) is 20.3. The van der Waals surface area contributed by atoms with Crippen LogP contribution in [0.1, 0.15) is 53.5 Å². The zero-order valence-corrected chi connectivity index (χ0v) is 20.3. The van der Waals surface area contributed by atoms with E-state index in [-0.39, 0.29) is 24.4 Å². The van der Waals surface area contributed by atoms with Crippen LogP contribution in [0.25, 0.3) is 0 Å². The number of amides is 2. The van der Waals surface area contributed by atoms with Crippen LogP contribution in [0.4, 0.5) is 0 Å². The molecule has 0 aromatic heterocycles. The summed E-state index contributed by atoms with van der Waals surface area (Å²) in [6.07, 6.45) is -0.169. The monoisotopic (exact) mass is 460 g/mol. The molecule has 33 heavy (non-hydrogen) atoms. The molecule has 1 aliphatic rings. The van der Waals surface area contributed by atoms with E-state index in [1.807, 2.05) is 58.0 Å². The van der Waals surface area contributed by atoms with Crippen LogP contribution in [0.15, 0.2) is 30.3 Å². The molecular weight excluding hydrogens is 424 g/mol. The molecule has 1 heterocycles. The maximum atomic E-state index is 13.0. The Bertz CT molecular complexity index is 839. The van der Waals surface area contributed by atoms with Gasteiger partial charge in [0, 0.05) is 0 Å². The zero-order chi connectivity index (χ0) is 24.7. The van der Waals surface area contributed by atoms with Crippen LogP contribution in [0.5, 0.6) is 0 Å². The van der Waals surface area contributed by atoms with Crippen LogP contribution in [-0.4, -0.2) is 41.9 Å². The summed E-state index contributed by atoms with van der Waals surface area (Å²) in [6, 6.07) is 7.52. The molecule has 1 saturated heterocycles. The van der Waals surface area contributed by atoms with Gasteiger partial charge in [-0.25, -0.2) is 4.79 Å². The average molecular weight is 461 g/mol. The Morgan fingerprint density at radius 3 is 2.09 bits per heavy atom. The summed E-state index contributed by atoms with van der Waals surface area (Å²) in [6.45, 7) is 11.1. The van der Waals surface area contributed by atoms with Gasteiger partial charge in [0.1, 0.15) is 24.6 Å². The maximum absolute atomic E-state index is 13.0. The molecule has 5 atom stereocenters. The molecule has 0 radical (unpaired) electrons. The van der Waals surface area contributed by atoms with Gasteiger partial charge in [-0.1, -0.05) is 78.3 Å². The van der Waals surface area contributed by atoms with E-state index in [1.54, 1.807) is 13.8 Å². The largest absolute Gasteiger partial charge is 0.459 e. The quantitative estimate of drug-likeness (QED) is 0.491. The zero-order valence-electron chi connectivity index (χ0n) is 20.3. The van der Waals surface area contributed by atoms with Crippen molar-refractivity contribution in [3.63, 3.8) is 0 Å². The van der Waals surface area contributed by atoms with E-state index in [0.717, 1.165) is 12.0 Å².